The van der Waals surface area contributed by atoms with Crippen molar-refractivity contribution in [3.63, 3.8) is 0 Å². The Morgan fingerprint density at radius 2 is 2.42 bits per heavy atom. The molecular weight excluding hydrogens is 238 g/mol. The summed E-state index contributed by atoms with van der Waals surface area (Å²) in [5, 5.41) is 9.78. The van der Waals surface area contributed by atoms with E-state index in [1.807, 2.05) is 12.4 Å². The molecule has 0 radical (unpaired) electrons. The van der Waals surface area contributed by atoms with E-state index in [9.17, 15) is 4.79 Å². The van der Waals surface area contributed by atoms with Crippen molar-refractivity contribution in [2.24, 2.45) is 0 Å². The molecule has 1 aromatic rings. The first-order valence-electron chi connectivity index (χ1n) is 7.21. The van der Waals surface area contributed by atoms with Gasteiger partial charge in [0.15, 0.2) is 0 Å². The van der Waals surface area contributed by atoms with Gasteiger partial charge in [0.25, 0.3) is 0 Å². The minimum atomic E-state index is 0.155. The molecule has 4 nitrogen and oxygen atoms in total. The van der Waals surface area contributed by atoms with Crippen LogP contribution >= 0.6 is 0 Å². The summed E-state index contributed by atoms with van der Waals surface area (Å²) < 4.78 is 0. The van der Waals surface area contributed by atoms with Crippen LogP contribution in [0.3, 0.4) is 0 Å². The van der Waals surface area contributed by atoms with Crippen molar-refractivity contribution < 1.29 is 4.79 Å². The number of carbonyl (C=O) groups is 1. The molecular formula is C15H23N3O. The summed E-state index contributed by atoms with van der Waals surface area (Å²) >= 11 is 0. The molecule has 0 fully saturated rings. The average Bonchev–Trinajstić information content (AvgIpc) is 2.93. The molecule has 0 saturated heterocycles. The summed E-state index contributed by atoms with van der Waals surface area (Å²) in [5.74, 6) is 0.155. The monoisotopic (exact) mass is 261 g/mol. The van der Waals surface area contributed by atoms with Crippen LogP contribution in [0.4, 0.5) is 0 Å². The number of aromatic amines is 1. The van der Waals surface area contributed by atoms with Crippen molar-refractivity contribution in [1.29, 1.82) is 0 Å². The average molecular weight is 261 g/mol. The van der Waals surface area contributed by atoms with Gasteiger partial charge in [-0.05, 0) is 51.0 Å². The lowest BCUT2D eigenvalue weighted by Gasteiger charge is -2.20. The molecule has 1 atom stereocenters. The Labute approximate surface area is 114 Å². The highest BCUT2D eigenvalue weighted by Crippen LogP contribution is 2.20. The first-order chi connectivity index (χ1) is 9.25. The molecule has 0 spiro atoms. The second kappa shape index (κ2) is 7.12. The summed E-state index contributed by atoms with van der Waals surface area (Å²) in [6.07, 6.45) is 13.2. The van der Waals surface area contributed by atoms with E-state index in [-0.39, 0.29) is 11.9 Å². The second-order valence-electron chi connectivity index (χ2n) is 5.27. The Morgan fingerprint density at radius 3 is 3.11 bits per heavy atom. The van der Waals surface area contributed by atoms with E-state index in [0.717, 1.165) is 31.2 Å². The predicted molar refractivity (Wildman–Crippen MR) is 75.7 cm³/mol. The maximum Gasteiger partial charge on any atom is 0.220 e. The zero-order chi connectivity index (χ0) is 13.5. The van der Waals surface area contributed by atoms with Crippen molar-refractivity contribution in [3.05, 3.63) is 29.6 Å². The third-order valence-corrected chi connectivity index (χ3v) is 3.68. The van der Waals surface area contributed by atoms with Gasteiger partial charge in [-0.1, -0.05) is 11.6 Å². The van der Waals surface area contributed by atoms with E-state index >= 15 is 0 Å². The maximum atomic E-state index is 11.9. The smallest absolute Gasteiger partial charge is 0.220 e. The summed E-state index contributed by atoms with van der Waals surface area (Å²) in [4.78, 5) is 11.9. The molecule has 1 aliphatic rings. The van der Waals surface area contributed by atoms with Crippen LogP contribution in [0.1, 0.15) is 51.0 Å². The van der Waals surface area contributed by atoms with Crippen molar-refractivity contribution in [1.82, 2.24) is 15.5 Å². The third kappa shape index (κ3) is 4.54. The third-order valence-electron chi connectivity index (χ3n) is 3.68. The summed E-state index contributed by atoms with van der Waals surface area (Å²) in [7, 11) is 0. The minimum absolute atomic E-state index is 0.155. The van der Waals surface area contributed by atoms with Gasteiger partial charge in [0.05, 0.1) is 6.20 Å². The number of amides is 1. The summed E-state index contributed by atoms with van der Waals surface area (Å²) in [6.45, 7) is 2.09. The van der Waals surface area contributed by atoms with Gasteiger partial charge in [0, 0.05) is 18.7 Å². The fourth-order valence-electron chi connectivity index (χ4n) is 2.53. The molecule has 0 bridgehead atoms. The van der Waals surface area contributed by atoms with Gasteiger partial charge >= 0.3 is 0 Å². The normalized spacial score (nSPS) is 16.8. The molecule has 0 aromatic carbocycles. The molecule has 4 heteroatoms. The zero-order valence-electron chi connectivity index (χ0n) is 11.6. The lowest BCUT2D eigenvalue weighted by molar-refractivity contribution is -0.121. The van der Waals surface area contributed by atoms with Crippen molar-refractivity contribution >= 4 is 5.91 Å². The molecule has 0 aliphatic heterocycles. The Morgan fingerprint density at radius 1 is 1.53 bits per heavy atom. The Hall–Kier alpha value is -1.58. The maximum absolute atomic E-state index is 11.9. The zero-order valence-corrected chi connectivity index (χ0v) is 11.6. The van der Waals surface area contributed by atoms with Gasteiger partial charge in [-0.3, -0.25) is 9.89 Å². The summed E-state index contributed by atoms with van der Waals surface area (Å²) in [6, 6.07) is 0.196. The first kappa shape index (κ1) is 13.8. The summed E-state index contributed by atoms with van der Waals surface area (Å²) in [5.41, 5.74) is 2.56. The van der Waals surface area contributed by atoms with Crippen LogP contribution in [0.25, 0.3) is 0 Å². The van der Waals surface area contributed by atoms with E-state index in [4.69, 9.17) is 0 Å². The molecule has 1 aromatic heterocycles. The lowest BCUT2D eigenvalue weighted by atomic mass is 9.94. The van der Waals surface area contributed by atoms with Crippen LogP contribution in [0, 0.1) is 0 Å². The molecule has 19 heavy (non-hydrogen) atoms. The number of nitrogens with one attached hydrogen (secondary N) is 2. The lowest BCUT2D eigenvalue weighted by Crippen LogP contribution is -2.34. The van der Waals surface area contributed by atoms with Gasteiger partial charge in [-0.2, -0.15) is 5.10 Å². The van der Waals surface area contributed by atoms with Crippen LogP contribution in [0.15, 0.2) is 24.0 Å². The number of H-pyrrole nitrogens is 1. The highest BCUT2D eigenvalue weighted by molar-refractivity contribution is 5.76. The Bertz CT molecular complexity index is 423. The number of allylic oxidation sites excluding steroid dienone is 1. The van der Waals surface area contributed by atoms with Crippen molar-refractivity contribution in [2.45, 2.75) is 57.9 Å². The van der Waals surface area contributed by atoms with E-state index in [1.165, 1.54) is 18.4 Å². The minimum Gasteiger partial charge on any atom is -0.350 e. The van der Waals surface area contributed by atoms with Gasteiger partial charge in [0.2, 0.25) is 5.91 Å². The van der Waals surface area contributed by atoms with Gasteiger partial charge in [-0.15, -0.1) is 0 Å². The predicted octanol–water partition coefficient (Wildman–Crippen LogP) is 2.74. The molecule has 1 heterocycles. The van der Waals surface area contributed by atoms with E-state index < -0.39 is 0 Å². The quantitative estimate of drug-likeness (QED) is 0.774. The van der Waals surface area contributed by atoms with Gasteiger partial charge in [-0.25, -0.2) is 0 Å². The van der Waals surface area contributed by atoms with Crippen LogP contribution in [0.5, 0.6) is 0 Å². The van der Waals surface area contributed by atoms with E-state index in [2.05, 4.69) is 28.5 Å². The Kier molecular flexibility index (Phi) is 5.19. The number of nitrogens with zero attached hydrogens (tertiary/aromatic N) is 1. The highest BCUT2D eigenvalue weighted by Gasteiger charge is 2.13. The number of aryl methyl sites for hydroxylation is 1. The largest absolute Gasteiger partial charge is 0.350 e. The van der Waals surface area contributed by atoms with Crippen molar-refractivity contribution in [2.75, 3.05) is 0 Å². The number of carbonyl (C=O) groups excluding carboxylic acids is 1. The number of rotatable bonds is 6. The molecule has 1 amide bonds. The highest BCUT2D eigenvalue weighted by atomic mass is 16.1. The fourth-order valence-corrected chi connectivity index (χ4v) is 2.53. The number of aromatic nitrogens is 2. The van der Waals surface area contributed by atoms with Gasteiger partial charge in [0.1, 0.15) is 0 Å². The topological polar surface area (TPSA) is 57.8 Å². The van der Waals surface area contributed by atoms with Crippen LogP contribution in [0.2, 0.25) is 0 Å². The molecule has 104 valence electrons. The molecule has 0 saturated carbocycles. The second-order valence-corrected chi connectivity index (χ2v) is 5.27. The molecule has 1 unspecified atom stereocenters. The van der Waals surface area contributed by atoms with Crippen LogP contribution < -0.4 is 5.32 Å². The van der Waals surface area contributed by atoms with Crippen LogP contribution in [-0.4, -0.2) is 22.1 Å². The SMILES string of the molecule is CC(NC(=O)CCCc1cn[nH]c1)C1=CCCCC1. The van der Waals surface area contributed by atoms with E-state index in [0.29, 0.717) is 6.42 Å². The first-order valence-corrected chi connectivity index (χ1v) is 7.21. The molecule has 2 N–H and O–H groups in total. The Balaban J connectivity index is 1.67. The van der Waals surface area contributed by atoms with E-state index in [1.54, 1.807) is 0 Å². The standard InChI is InChI=1S/C15H23N3O/c1-12(14-7-3-2-4-8-14)18-15(19)9-5-6-13-10-16-17-11-13/h7,10-12H,2-6,8-9H2,1H3,(H,16,17)(H,18,19). The van der Waals surface area contributed by atoms with Crippen LogP contribution in [-0.2, 0) is 11.2 Å². The molecule has 1 aliphatic carbocycles. The number of hydrogen-bond donors (Lipinski definition) is 2. The fraction of sp³-hybridized carbons (Fsp3) is 0.600. The van der Waals surface area contributed by atoms with Crippen molar-refractivity contribution in [3.8, 4) is 0 Å². The molecule has 2 rings (SSSR count). The van der Waals surface area contributed by atoms with Gasteiger partial charge < -0.3 is 5.32 Å². The number of hydrogen-bond acceptors (Lipinski definition) is 2.